The minimum absolute atomic E-state index is 0.646. The van der Waals surface area contributed by atoms with Gasteiger partial charge in [-0.05, 0) is 24.6 Å². The summed E-state index contributed by atoms with van der Waals surface area (Å²) in [4.78, 5) is 4.32. The summed E-state index contributed by atoms with van der Waals surface area (Å²) in [7, 11) is 1.89. The van der Waals surface area contributed by atoms with Gasteiger partial charge in [-0.2, -0.15) is 0 Å². The number of hydrogen-bond acceptors (Lipinski definition) is 3. The minimum atomic E-state index is 0.646. The van der Waals surface area contributed by atoms with Crippen molar-refractivity contribution < 1.29 is 5.21 Å². The van der Waals surface area contributed by atoms with E-state index in [4.69, 9.17) is 5.21 Å². The van der Waals surface area contributed by atoms with Gasteiger partial charge >= 0.3 is 0 Å². The Morgan fingerprint density at radius 2 is 2.29 bits per heavy atom. The normalized spacial score (nSPS) is 11.6. The Hall–Kier alpha value is -1.84. The molecule has 4 nitrogen and oxygen atoms in total. The highest BCUT2D eigenvalue weighted by Crippen LogP contribution is 2.15. The maximum atomic E-state index is 8.44. The van der Waals surface area contributed by atoms with E-state index in [0.29, 0.717) is 5.82 Å². The Kier molecular flexibility index (Phi) is 1.96. The zero-order valence-electron chi connectivity index (χ0n) is 8.10. The van der Waals surface area contributed by atoms with Crippen LogP contribution in [-0.4, -0.2) is 21.0 Å². The predicted molar refractivity (Wildman–Crippen MR) is 54.8 cm³/mol. The number of aryl methyl sites for hydroxylation is 2. The van der Waals surface area contributed by atoms with Crippen LogP contribution in [0, 0.1) is 6.92 Å². The van der Waals surface area contributed by atoms with Crippen LogP contribution >= 0.6 is 0 Å². The summed E-state index contributed by atoms with van der Waals surface area (Å²) in [6, 6.07) is 6.04. The molecule has 0 radical (unpaired) electrons. The highest BCUT2D eigenvalue weighted by molar-refractivity contribution is 5.85. The van der Waals surface area contributed by atoms with E-state index in [-0.39, 0.29) is 0 Å². The molecular weight excluding hydrogens is 178 g/mol. The monoisotopic (exact) mass is 189 g/mol. The van der Waals surface area contributed by atoms with Crippen LogP contribution < -0.4 is 0 Å². The summed E-state index contributed by atoms with van der Waals surface area (Å²) in [6.07, 6.45) is 1.33. The fourth-order valence-corrected chi connectivity index (χ4v) is 1.50. The summed E-state index contributed by atoms with van der Waals surface area (Å²) in [5.74, 6) is 0.646. The van der Waals surface area contributed by atoms with Crippen LogP contribution in [0.15, 0.2) is 23.4 Å². The lowest BCUT2D eigenvalue weighted by molar-refractivity contribution is 0.321. The van der Waals surface area contributed by atoms with Crippen molar-refractivity contribution in [2.75, 3.05) is 0 Å². The average molecular weight is 189 g/mol. The number of benzene rings is 1. The van der Waals surface area contributed by atoms with Crippen LogP contribution in [0.1, 0.15) is 11.4 Å². The van der Waals surface area contributed by atoms with Crippen molar-refractivity contribution >= 4 is 17.2 Å². The van der Waals surface area contributed by atoms with E-state index < -0.39 is 0 Å². The molecule has 0 saturated heterocycles. The SMILES string of the molecule is Cc1ccc2c(c1)nc(/C=N/O)n2C. The average Bonchev–Trinajstić information content (AvgIpc) is 2.44. The first-order valence-electron chi connectivity index (χ1n) is 4.33. The van der Waals surface area contributed by atoms with E-state index in [1.807, 2.05) is 36.7 Å². The molecule has 0 atom stereocenters. The largest absolute Gasteiger partial charge is 0.411 e. The second-order valence-electron chi connectivity index (χ2n) is 3.27. The molecule has 0 aliphatic carbocycles. The van der Waals surface area contributed by atoms with E-state index in [0.717, 1.165) is 11.0 Å². The van der Waals surface area contributed by atoms with E-state index in [9.17, 15) is 0 Å². The Morgan fingerprint density at radius 1 is 1.50 bits per heavy atom. The fourth-order valence-electron chi connectivity index (χ4n) is 1.50. The highest BCUT2D eigenvalue weighted by Gasteiger charge is 2.04. The third-order valence-electron chi connectivity index (χ3n) is 2.24. The second-order valence-corrected chi connectivity index (χ2v) is 3.27. The van der Waals surface area contributed by atoms with Crippen LogP contribution in [0.2, 0.25) is 0 Å². The van der Waals surface area contributed by atoms with Crippen LogP contribution in [0.5, 0.6) is 0 Å². The van der Waals surface area contributed by atoms with E-state index in [1.165, 1.54) is 11.8 Å². The summed E-state index contributed by atoms with van der Waals surface area (Å²) in [5.41, 5.74) is 3.12. The minimum Gasteiger partial charge on any atom is -0.411 e. The van der Waals surface area contributed by atoms with Gasteiger partial charge in [-0.25, -0.2) is 4.98 Å². The molecule has 1 aromatic heterocycles. The molecule has 4 heteroatoms. The van der Waals surface area contributed by atoms with Gasteiger partial charge in [-0.15, -0.1) is 0 Å². The van der Waals surface area contributed by atoms with Gasteiger partial charge < -0.3 is 9.77 Å². The summed E-state index contributed by atoms with van der Waals surface area (Å²) in [5, 5.41) is 11.4. The molecule has 0 unspecified atom stereocenters. The molecule has 0 aliphatic rings. The lowest BCUT2D eigenvalue weighted by Gasteiger charge is -1.96. The first-order valence-corrected chi connectivity index (χ1v) is 4.33. The van der Waals surface area contributed by atoms with E-state index in [1.54, 1.807) is 0 Å². The quantitative estimate of drug-likeness (QED) is 0.421. The first kappa shape index (κ1) is 8.74. The van der Waals surface area contributed by atoms with Crippen molar-refractivity contribution in [1.82, 2.24) is 9.55 Å². The molecule has 1 heterocycles. The van der Waals surface area contributed by atoms with Crippen LogP contribution in [-0.2, 0) is 7.05 Å². The maximum absolute atomic E-state index is 8.44. The van der Waals surface area contributed by atoms with Gasteiger partial charge in [0.05, 0.1) is 11.0 Å². The molecule has 0 amide bonds. The number of imidazole rings is 1. The Bertz CT molecular complexity index is 499. The first-order chi connectivity index (χ1) is 6.72. The summed E-state index contributed by atoms with van der Waals surface area (Å²) < 4.78 is 1.88. The van der Waals surface area contributed by atoms with Crippen molar-refractivity contribution in [2.24, 2.45) is 12.2 Å². The van der Waals surface area contributed by atoms with Crippen LogP contribution in [0.25, 0.3) is 11.0 Å². The third-order valence-corrected chi connectivity index (χ3v) is 2.24. The Morgan fingerprint density at radius 3 is 3.00 bits per heavy atom. The van der Waals surface area contributed by atoms with Crippen molar-refractivity contribution in [2.45, 2.75) is 6.92 Å². The molecular formula is C10H11N3O. The smallest absolute Gasteiger partial charge is 0.155 e. The third kappa shape index (κ3) is 1.25. The molecule has 1 N–H and O–H groups in total. The summed E-state index contributed by atoms with van der Waals surface area (Å²) in [6.45, 7) is 2.02. The molecule has 14 heavy (non-hydrogen) atoms. The Balaban J connectivity index is 2.73. The molecule has 0 saturated carbocycles. The van der Waals surface area contributed by atoms with Gasteiger partial charge in [0.2, 0.25) is 0 Å². The van der Waals surface area contributed by atoms with Crippen LogP contribution in [0.3, 0.4) is 0 Å². The standard InChI is InChI=1S/C10H11N3O/c1-7-3-4-9-8(5-7)12-10(6-11-14)13(9)2/h3-6,14H,1-2H3/b11-6+. The molecule has 0 aliphatic heterocycles. The number of hydrogen-bond donors (Lipinski definition) is 1. The van der Waals surface area contributed by atoms with E-state index in [2.05, 4.69) is 10.1 Å². The molecule has 1 aromatic carbocycles. The lowest BCUT2D eigenvalue weighted by Crippen LogP contribution is -1.95. The lowest BCUT2D eigenvalue weighted by atomic mass is 10.2. The zero-order chi connectivity index (χ0) is 10.1. The van der Waals surface area contributed by atoms with Gasteiger partial charge in [-0.1, -0.05) is 11.2 Å². The fraction of sp³-hybridized carbons (Fsp3) is 0.200. The number of aromatic nitrogens is 2. The second kappa shape index (κ2) is 3.14. The zero-order valence-corrected chi connectivity index (χ0v) is 8.10. The molecule has 0 fully saturated rings. The van der Waals surface area contributed by atoms with Crippen molar-refractivity contribution in [3.63, 3.8) is 0 Å². The molecule has 2 rings (SSSR count). The van der Waals surface area contributed by atoms with Gasteiger partial charge in [0.25, 0.3) is 0 Å². The molecule has 0 spiro atoms. The highest BCUT2D eigenvalue weighted by atomic mass is 16.4. The topological polar surface area (TPSA) is 50.4 Å². The van der Waals surface area contributed by atoms with E-state index >= 15 is 0 Å². The number of nitrogens with zero attached hydrogens (tertiary/aromatic N) is 3. The number of rotatable bonds is 1. The van der Waals surface area contributed by atoms with Gasteiger partial charge in [0.1, 0.15) is 6.21 Å². The summed E-state index contributed by atoms with van der Waals surface area (Å²) >= 11 is 0. The predicted octanol–water partition coefficient (Wildman–Crippen LogP) is 1.69. The molecule has 0 bridgehead atoms. The van der Waals surface area contributed by atoms with Crippen molar-refractivity contribution in [3.05, 3.63) is 29.6 Å². The molecule has 2 aromatic rings. The van der Waals surface area contributed by atoms with Crippen LogP contribution in [0.4, 0.5) is 0 Å². The van der Waals surface area contributed by atoms with Crippen molar-refractivity contribution in [3.8, 4) is 0 Å². The number of fused-ring (bicyclic) bond motifs is 1. The maximum Gasteiger partial charge on any atom is 0.155 e. The Labute approximate surface area is 81.5 Å². The van der Waals surface area contributed by atoms with Gasteiger partial charge in [0, 0.05) is 7.05 Å². The van der Waals surface area contributed by atoms with Crippen molar-refractivity contribution in [1.29, 1.82) is 0 Å². The molecule has 72 valence electrons. The number of oxime groups is 1. The van der Waals surface area contributed by atoms with Gasteiger partial charge in [0.15, 0.2) is 5.82 Å². The van der Waals surface area contributed by atoms with Gasteiger partial charge in [-0.3, -0.25) is 0 Å².